The van der Waals surface area contributed by atoms with Crippen molar-refractivity contribution in [3.05, 3.63) is 64.4 Å². The average molecular weight is 282 g/mol. The number of halogens is 1. The first-order chi connectivity index (χ1) is 9.81. The van der Waals surface area contributed by atoms with Gasteiger partial charge in [0.15, 0.2) is 0 Å². The van der Waals surface area contributed by atoms with Gasteiger partial charge in [0.2, 0.25) is 0 Å². The summed E-state index contributed by atoms with van der Waals surface area (Å²) in [4.78, 5) is 4.33. The van der Waals surface area contributed by atoms with Gasteiger partial charge in [-0.3, -0.25) is 0 Å². The van der Waals surface area contributed by atoms with Crippen LogP contribution in [0.25, 0.3) is 22.0 Å². The molecule has 0 saturated carbocycles. The van der Waals surface area contributed by atoms with Crippen molar-refractivity contribution in [1.29, 1.82) is 0 Å². The molecule has 0 aliphatic carbocycles. The molecule has 20 heavy (non-hydrogen) atoms. The average Bonchev–Trinajstić information content (AvgIpc) is 2.95. The monoisotopic (exact) mass is 282 g/mol. The van der Waals surface area contributed by atoms with E-state index in [9.17, 15) is 4.39 Å². The lowest BCUT2D eigenvalue weighted by Crippen LogP contribution is -2.17. The van der Waals surface area contributed by atoms with Gasteiger partial charge in [-0.1, -0.05) is 18.2 Å². The first-order valence-corrected chi connectivity index (χ1v) is 7.26. The lowest BCUT2D eigenvalue weighted by atomic mass is 9.99. The molecule has 0 radical (unpaired) electrons. The van der Waals surface area contributed by atoms with Gasteiger partial charge in [0, 0.05) is 17.8 Å². The Hall–Kier alpha value is -2.20. The molecule has 0 fully saturated rings. The summed E-state index contributed by atoms with van der Waals surface area (Å²) in [6.07, 6.45) is 1.88. The Balaban J connectivity index is 1.84. The zero-order valence-corrected chi connectivity index (χ0v) is 11.4. The Bertz CT molecular complexity index is 835. The fraction of sp³-hybridized carbons (Fsp3) is 0.0625. The van der Waals surface area contributed by atoms with Crippen molar-refractivity contribution in [2.24, 2.45) is 0 Å². The van der Waals surface area contributed by atoms with E-state index in [2.05, 4.69) is 16.4 Å². The minimum atomic E-state index is -0.170. The minimum absolute atomic E-state index is 0.170. The summed E-state index contributed by atoms with van der Waals surface area (Å²) < 4.78 is 15.0. The van der Waals surface area contributed by atoms with Crippen LogP contribution in [0.3, 0.4) is 0 Å². The second-order valence-corrected chi connectivity index (χ2v) is 5.65. The number of fused-ring (bicyclic) bond motifs is 2. The third kappa shape index (κ3) is 1.80. The van der Waals surface area contributed by atoms with Crippen LogP contribution in [0, 0.1) is 5.82 Å². The molecule has 0 spiro atoms. The van der Waals surface area contributed by atoms with Gasteiger partial charge in [-0.05, 0) is 35.4 Å². The quantitative estimate of drug-likeness (QED) is 0.728. The molecule has 1 aliphatic heterocycles. The maximum atomic E-state index is 13.9. The minimum Gasteiger partial charge on any atom is -0.380 e. The van der Waals surface area contributed by atoms with E-state index in [1.807, 2.05) is 29.8 Å². The summed E-state index contributed by atoms with van der Waals surface area (Å²) in [5, 5.41) is 3.35. The van der Waals surface area contributed by atoms with E-state index in [0.717, 1.165) is 27.0 Å². The Morgan fingerprint density at radius 2 is 2.15 bits per heavy atom. The standard InChI is InChI=1S/C16H11FN2S/c17-13-3-1-2-11-8-18-14(7-12(11)13)10-4-5-16-15(6-10)19-9-20-16/h1-7,9,18H,8H2. The lowest BCUT2D eigenvalue weighted by molar-refractivity contribution is 0.620. The zero-order chi connectivity index (χ0) is 13.5. The van der Waals surface area contributed by atoms with Crippen molar-refractivity contribution in [1.82, 2.24) is 10.3 Å². The molecule has 0 unspecified atom stereocenters. The molecule has 2 heterocycles. The second-order valence-electron chi connectivity index (χ2n) is 4.76. The van der Waals surface area contributed by atoms with Gasteiger partial charge in [-0.25, -0.2) is 9.37 Å². The molecule has 3 aromatic rings. The van der Waals surface area contributed by atoms with Crippen LogP contribution in [-0.4, -0.2) is 4.98 Å². The van der Waals surface area contributed by atoms with E-state index in [-0.39, 0.29) is 5.82 Å². The van der Waals surface area contributed by atoms with Crippen LogP contribution in [0.5, 0.6) is 0 Å². The largest absolute Gasteiger partial charge is 0.380 e. The third-order valence-corrected chi connectivity index (χ3v) is 4.35. The van der Waals surface area contributed by atoms with Gasteiger partial charge in [-0.15, -0.1) is 11.3 Å². The van der Waals surface area contributed by atoms with Crippen LogP contribution in [0.1, 0.15) is 16.7 Å². The molecule has 1 aromatic heterocycles. The number of nitrogens with zero attached hydrogens (tertiary/aromatic N) is 1. The van der Waals surface area contributed by atoms with Gasteiger partial charge in [0.25, 0.3) is 0 Å². The molecule has 0 bridgehead atoms. The molecule has 0 atom stereocenters. The molecule has 4 rings (SSSR count). The Kier molecular flexibility index (Phi) is 2.57. The molecule has 0 saturated heterocycles. The summed E-state index contributed by atoms with van der Waals surface area (Å²) in [5.41, 5.74) is 6.47. The molecule has 4 heteroatoms. The second kappa shape index (κ2) is 4.42. The maximum Gasteiger partial charge on any atom is 0.130 e. The first-order valence-electron chi connectivity index (χ1n) is 6.38. The van der Waals surface area contributed by atoms with Crippen LogP contribution < -0.4 is 5.32 Å². The van der Waals surface area contributed by atoms with Gasteiger partial charge >= 0.3 is 0 Å². The highest BCUT2D eigenvalue weighted by atomic mass is 32.1. The van der Waals surface area contributed by atoms with E-state index in [4.69, 9.17) is 0 Å². The topological polar surface area (TPSA) is 24.9 Å². The van der Waals surface area contributed by atoms with E-state index in [1.54, 1.807) is 17.4 Å². The SMILES string of the molecule is Fc1cccc2c1C=C(c1ccc3scnc3c1)NC2. The molecule has 2 aromatic carbocycles. The van der Waals surface area contributed by atoms with E-state index < -0.39 is 0 Å². The van der Waals surface area contributed by atoms with Crippen molar-refractivity contribution in [2.75, 3.05) is 0 Å². The van der Waals surface area contributed by atoms with Crippen molar-refractivity contribution >= 4 is 33.3 Å². The fourth-order valence-electron chi connectivity index (χ4n) is 2.49. The fourth-order valence-corrected chi connectivity index (χ4v) is 3.15. The Morgan fingerprint density at radius 3 is 3.10 bits per heavy atom. The zero-order valence-electron chi connectivity index (χ0n) is 10.6. The third-order valence-electron chi connectivity index (χ3n) is 3.54. The van der Waals surface area contributed by atoms with E-state index in [1.165, 1.54) is 6.07 Å². The summed E-state index contributed by atoms with van der Waals surface area (Å²) in [6.45, 7) is 0.647. The number of thiazole rings is 1. The van der Waals surface area contributed by atoms with Crippen LogP contribution in [0.15, 0.2) is 41.9 Å². The number of rotatable bonds is 1. The van der Waals surface area contributed by atoms with E-state index >= 15 is 0 Å². The number of hydrogen-bond acceptors (Lipinski definition) is 3. The van der Waals surface area contributed by atoms with Crippen molar-refractivity contribution < 1.29 is 4.39 Å². The highest BCUT2D eigenvalue weighted by molar-refractivity contribution is 7.16. The van der Waals surface area contributed by atoms with E-state index in [0.29, 0.717) is 12.1 Å². The van der Waals surface area contributed by atoms with Gasteiger partial charge in [-0.2, -0.15) is 0 Å². The summed E-state index contributed by atoms with van der Waals surface area (Å²) in [6, 6.07) is 11.3. The number of aromatic nitrogens is 1. The molecule has 1 N–H and O–H groups in total. The number of benzene rings is 2. The van der Waals surface area contributed by atoms with Crippen molar-refractivity contribution in [2.45, 2.75) is 6.54 Å². The molecule has 2 nitrogen and oxygen atoms in total. The highest BCUT2D eigenvalue weighted by Gasteiger charge is 2.14. The molecular formula is C16H11FN2S. The first kappa shape index (κ1) is 11.6. The molecular weight excluding hydrogens is 271 g/mol. The molecule has 98 valence electrons. The van der Waals surface area contributed by atoms with Gasteiger partial charge in [0.05, 0.1) is 15.7 Å². The van der Waals surface area contributed by atoms with Crippen LogP contribution in [0.4, 0.5) is 4.39 Å². The summed E-state index contributed by atoms with van der Waals surface area (Å²) in [7, 11) is 0. The van der Waals surface area contributed by atoms with Gasteiger partial charge < -0.3 is 5.32 Å². The number of hydrogen-bond donors (Lipinski definition) is 1. The lowest BCUT2D eigenvalue weighted by Gasteiger charge is -2.19. The van der Waals surface area contributed by atoms with Crippen LogP contribution in [0.2, 0.25) is 0 Å². The van der Waals surface area contributed by atoms with Crippen molar-refractivity contribution in [3.63, 3.8) is 0 Å². The summed E-state index contributed by atoms with van der Waals surface area (Å²) in [5.74, 6) is -0.170. The predicted octanol–water partition coefficient (Wildman–Crippen LogP) is 4.04. The van der Waals surface area contributed by atoms with Crippen LogP contribution >= 0.6 is 11.3 Å². The summed E-state index contributed by atoms with van der Waals surface area (Å²) >= 11 is 1.62. The van der Waals surface area contributed by atoms with Crippen LogP contribution in [-0.2, 0) is 6.54 Å². The Morgan fingerprint density at radius 1 is 1.20 bits per heavy atom. The predicted molar refractivity (Wildman–Crippen MR) is 80.7 cm³/mol. The molecule has 1 aliphatic rings. The number of nitrogens with one attached hydrogen (secondary N) is 1. The van der Waals surface area contributed by atoms with Crippen molar-refractivity contribution in [3.8, 4) is 0 Å². The highest BCUT2D eigenvalue weighted by Crippen LogP contribution is 2.28. The normalized spacial score (nSPS) is 13.8. The maximum absolute atomic E-state index is 13.9. The Labute approximate surface area is 119 Å². The van der Waals surface area contributed by atoms with Gasteiger partial charge in [0.1, 0.15) is 5.82 Å². The molecule has 0 amide bonds. The smallest absolute Gasteiger partial charge is 0.130 e.